The van der Waals surface area contributed by atoms with E-state index >= 15 is 0 Å². The van der Waals surface area contributed by atoms with Crippen molar-refractivity contribution in [1.82, 2.24) is 9.88 Å². The van der Waals surface area contributed by atoms with E-state index in [2.05, 4.69) is 33.3 Å². The summed E-state index contributed by atoms with van der Waals surface area (Å²) in [6.45, 7) is 2.64. The van der Waals surface area contributed by atoms with Gasteiger partial charge in [0.1, 0.15) is 10.8 Å². The molecule has 0 aliphatic carbocycles. The molecule has 1 aromatic carbocycles. The van der Waals surface area contributed by atoms with Gasteiger partial charge in [-0.25, -0.2) is 4.98 Å². The minimum absolute atomic E-state index is 0.794. The number of hydrogen-bond acceptors (Lipinski definition) is 5. The van der Waals surface area contributed by atoms with Crippen LogP contribution in [-0.2, 0) is 11.3 Å². The van der Waals surface area contributed by atoms with Gasteiger partial charge >= 0.3 is 0 Å². The Bertz CT molecular complexity index is 604. The number of benzene rings is 1. The number of thiazole rings is 1. The highest BCUT2D eigenvalue weighted by atomic mass is 79.9. The molecule has 6 heteroatoms. The minimum Gasteiger partial charge on any atom is -0.496 e. The number of nitrogens with zero attached hydrogens (tertiary/aromatic N) is 2. The van der Waals surface area contributed by atoms with Crippen LogP contribution in [0.4, 0.5) is 0 Å². The summed E-state index contributed by atoms with van der Waals surface area (Å²) in [5.74, 6) is 0.845. The molecule has 2 aromatic rings. The van der Waals surface area contributed by atoms with Gasteiger partial charge in [0.05, 0.1) is 18.4 Å². The van der Waals surface area contributed by atoms with Crippen LogP contribution in [0.15, 0.2) is 28.1 Å². The Hall–Kier alpha value is -0.950. The van der Waals surface area contributed by atoms with E-state index in [1.807, 2.05) is 18.2 Å². The standard InChI is InChI=1S/C16H21BrN2O2S/c1-19(7-4-8-20-2)10-13-11-22-16(18-13)14-9-12(17)5-6-15(14)21-3/h5-6,9,11H,4,7-8,10H2,1-3H3. The lowest BCUT2D eigenvalue weighted by Crippen LogP contribution is -2.20. The van der Waals surface area contributed by atoms with Crippen molar-refractivity contribution in [1.29, 1.82) is 0 Å². The molecule has 4 nitrogen and oxygen atoms in total. The molecule has 22 heavy (non-hydrogen) atoms. The van der Waals surface area contributed by atoms with Crippen molar-refractivity contribution in [3.63, 3.8) is 0 Å². The maximum Gasteiger partial charge on any atom is 0.129 e. The lowest BCUT2D eigenvalue weighted by molar-refractivity contribution is 0.178. The van der Waals surface area contributed by atoms with Gasteiger partial charge in [-0.05, 0) is 31.7 Å². The first-order chi connectivity index (χ1) is 10.6. The van der Waals surface area contributed by atoms with Crippen LogP contribution >= 0.6 is 27.3 Å². The van der Waals surface area contributed by atoms with Gasteiger partial charge in [-0.2, -0.15) is 0 Å². The Morgan fingerprint density at radius 3 is 2.86 bits per heavy atom. The SMILES string of the molecule is COCCCN(C)Cc1csc(-c2cc(Br)ccc2OC)n1. The zero-order chi connectivity index (χ0) is 15.9. The van der Waals surface area contributed by atoms with Crippen molar-refractivity contribution < 1.29 is 9.47 Å². The van der Waals surface area contributed by atoms with Crippen LogP contribution in [0.1, 0.15) is 12.1 Å². The van der Waals surface area contributed by atoms with Crippen molar-refractivity contribution in [2.45, 2.75) is 13.0 Å². The van der Waals surface area contributed by atoms with E-state index in [0.29, 0.717) is 0 Å². The molecule has 0 unspecified atom stereocenters. The predicted molar refractivity (Wildman–Crippen MR) is 94.6 cm³/mol. The molecular formula is C16H21BrN2O2S. The van der Waals surface area contributed by atoms with Crippen LogP contribution in [0.5, 0.6) is 5.75 Å². The first-order valence-corrected chi connectivity index (χ1v) is 8.77. The Morgan fingerprint density at radius 1 is 1.32 bits per heavy atom. The van der Waals surface area contributed by atoms with Crippen molar-refractivity contribution in [2.75, 3.05) is 34.4 Å². The number of aromatic nitrogens is 1. The van der Waals surface area contributed by atoms with E-state index in [4.69, 9.17) is 14.5 Å². The summed E-state index contributed by atoms with van der Waals surface area (Å²) in [6, 6.07) is 5.97. The van der Waals surface area contributed by atoms with Gasteiger partial charge < -0.3 is 14.4 Å². The second kappa shape index (κ2) is 8.62. The monoisotopic (exact) mass is 384 g/mol. The molecule has 0 aliphatic rings. The van der Waals surface area contributed by atoms with Gasteiger partial charge in [0.2, 0.25) is 0 Å². The zero-order valence-corrected chi connectivity index (χ0v) is 15.5. The van der Waals surface area contributed by atoms with E-state index in [1.54, 1.807) is 25.6 Å². The fourth-order valence-corrected chi connectivity index (χ4v) is 3.38. The summed E-state index contributed by atoms with van der Waals surface area (Å²) in [5.41, 5.74) is 2.11. The lowest BCUT2D eigenvalue weighted by atomic mass is 10.2. The average molecular weight is 385 g/mol. The largest absolute Gasteiger partial charge is 0.496 e. The quantitative estimate of drug-likeness (QED) is 0.643. The van der Waals surface area contributed by atoms with Gasteiger partial charge in [-0.15, -0.1) is 11.3 Å². The van der Waals surface area contributed by atoms with Crippen LogP contribution in [0.3, 0.4) is 0 Å². The number of halogens is 1. The van der Waals surface area contributed by atoms with Gasteiger partial charge in [0.15, 0.2) is 0 Å². The Morgan fingerprint density at radius 2 is 2.14 bits per heavy atom. The van der Waals surface area contributed by atoms with E-state index in [-0.39, 0.29) is 0 Å². The smallest absolute Gasteiger partial charge is 0.129 e. The fraction of sp³-hybridized carbons (Fsp3) is 0.438. The first-order valence-electron chi connectivity index (χ1n) is 7.10. The summed E-state index contributed by atoms with van der Waals surface area (Å²) in [7, 11) is 5.53. The highest BCUT2D eigenvalue weighted by Gasteiger charge is 2.12. The highest BCUT2D eigenvalue weighted by molar-refractivity contribution is 9.10. The molecule has 1 heterocycles. The second-order valence-corrected chi connectivity index (χ2v) is 6.85. The molecule has 0 bridgehead atoms. The molecule has 1 aromatic heterocycles. The third-order valence-corrected chi connectivity index (χ3v) is 4.68. The summed E-state index contributed by atoms with van der Waals surface area (Å²) in [6.07, 6.45) is 1.03. The number of hydrogen-bond donors (Lipinski definition) is 0. The molecule has 0 aliphatic heterocycles. The summed E-state index contributed by atoms with van der Waals surface area (Å²) >= 11 is 5.15. The number of methoxy groups -OCH3 is 2. The molecule has 0 radical (unpaired) electrons. The molecule has 0 saturated carbocycles. The molecule has 120 valence electrons. The normalized spacial score (nSPS) is 11.1. The minimum atomic E-state index is 0.794. The number of rotatable bonds is 8. The van der Waals surface area contributed by atoms with Gasteiger partial charge in [0, 0.05) is 36.7 Å². The van der Waals surface area contributed by atoms with Crippen molar-refractivity contribution in [2.24, 2.45) is 0 Å². The number of ether oxygens (including phenoxy) is 2. The summed E-state index contributed by atoms with van der Waals surface area (Å²) in [4.78, 5) is 7.00. The van der Waals surface area contributed by atoms with E-state index in [0.717, 1.165) is 52.6 Å². The van der Waals surface area contributed by atoms with Crippen molar-refractivity contribution in [3.8, 4) is 16.3 Å². The van der Waals surface area contributed by atoms with E-state index < -0.39 is 0 Å². The van der Waals surface area contributed by atoms with Crippen LogP contribution < -0.4 is 4.74 Å². The predicted octanol–water partition coefficient (Wildman–Crippen LogP) is 4.05. The molecule has 0 saturated heterocycles. The van der Waals surface area contributed by atoms with Crippen LogP contribution in [0.2, 0.25) is 0 Å². The van der Waals surface area contributed by atoms with E-state index in [9.17, 15) is 0 Å². The molecule has 0 spiro atoms. The van der Waals surface area contributed by atoms with Gasteiger partial charge in [-0.1, -0.05) is 15.9 Å². The third kappa shape index (κ3) is 4.78. The van der Waals surface area contributed by atoms with Crippen molar-refractivity contribution >= 4 is 27.3 Å². The maximum atomic E-state index is 5.43. The molecular weight excluding hydrogens is 364 g/mol. The Kier molecular flexibility index (Phi) is 6.82. The van der Waals surface area contributed by atoms with Crippen molar-refractivity contribution in [3.05, 3.63) is 33.7 Å². The maximum absolute atomic E-state index is 5.43. The van der Waals surface area contributed by atoms with Crippen LogP contribution in [-0.4, -0.2) is 44.3 Å². The average Bonchev–Trinajstić information content (AvgIpc) is 2.95. The molecule has 0 N–H and O–H groups in total. The molecule has 0 atom stereocenters. The van der Waals surface area contributed by atoms with Gasteiger partial charge in [0.25, 0.3) is 0 Å². The highest BCUT2D eigenvalue weighted by Crippen LogP contribution is 2.34. The first kappa shape index (κ1) is 17.4. The zero-order valence-electron chi connectivity index (χ0n) is 13.1. The Labute approximate surface area is 144 Å². The lowest BCUT2D eigenvalue weighted by Gasteiger charge is -2.14. The second-order valence-electron chi connectivity index (χ2n) is 5.07. The fourth-order valence-electron chi connectivity index (χ4n) is 2.19. The molecule has 0 fully saturated rings. The third-order valence-electron chi connectivity index (χ3n) is 3.26. The van der Waals surface area contributed by atoms with Crippen LogP contribution in [0.25, 0.3) is 10.6 Å². The van der Waals surface area contributed by atoms with Gasteiger partial charge in [-0.3, -0.25) is 0 Å². The van der Waals surface area contributed by atoms with E-state index in [1.165, 1.54) is 0 Å². The molecule has 0 amide bonds. The topological polar surface area (TPSA) is 34.6 Å². The summed E-state index contributed by atoms with van der Waals surface area (Å²) in [5, 5.41) is 3.10. The summed E-state index contributed by atoms with van der Waals surface area (Å²) < 4.78 is 11.5. The molecule has 2 rings (SSSR count). The van der Waals surface area contributed by atoms with Crippen LogP contribution in [0, 0.1) is 0 Å². The Balaban J connectivity index is 2.06.